The monoisotopic (exact) mass is 466 g/mol. The number of halogens is 1. The molecule has 3 aliphatic rings. The summed E-state index contributed by atoms with van der Waals surface area (Å²) >= 11 is 0. The van der Waals surface area contributed by atoms with Crippen LogP contribution in [0, 0.1) is 0 Å². The van der Waals surface area contributed by atoms with Crippen LogP contribution >= 0.6 is 12.4 Å². The average molecular weight is 467 g/mol. The van der Waals surface area contributed by atoms with E-state index < -0.39 is 0 Å². The summed E-state index contributed by atoms with van der Waals surface area (Å²) in [7, 11) is 0. The molecule has 2 aromatic carbocycles. The van der Waals surface area contributed by atoms with E-state index in [1.54, 1.807) is 0 Å². The fraction of sp³-hybridized carbons (Fsp3) is 0.462. The van der Waals surface area contributed by atoms with Crippen molar-refractivity contribution < 1.29 is 0 Å². The minimum atomic E-state index is 0. The Balaban J connectivity index is 0.00000259. The molecule has 0 aromatic heterocycles. The van der Waals surface area contributed by atoms with Crippen LogP contribution in [0.1, 0.15) is 49.7 Å². The molecule has 7 heteroatoms. The Hall–Kier alpha value is -2.73. The second kappa shape index (κ2) is 10.5. The van der Waals surface area contributed by atoms with Gasteiger partial charge in [0.2, 0.25) is 0 Å². The van der Waals surface area contributed by atoms with Crippen LogP contribution in [-0.4, -0.2) is 49.9 Å². The third-order valence-corrected chi connectivity index (χ3v) is 7.13. The van der Waals surface area contributed by atoms with Crippen molar-refractivity contribution in [3.8, 4) is 0 Å². The molecular weight excluding hydrogens is 432 g/mol. The Morgan fingerprint density at radius 3 is 1.21 bits per heavy atom. The van der Waals surface area contributed by atoms with Crippen molar-refractivity contribution in [2.75, 3.05) is 36.0 Å². The largest absolute Gasteiger partial charge is 0.383 e. The minimum Gasteiger partial charge on any atom is -0.383 e. The molecule has 0 unspecified atom stereocenters. The van der Waals surface area contributed by atoms with E-state index in [-0.39, 0.29) is 12.4 Å². The smallest absolute Gasteiger partial charge is 0.125 e. The fourth-order valence-electron chi connectivity index (χ4n) is 4.48. The highest BCUT2D eigenvalue weighted by Gasteiger charge is 2.20. The number of amidine groups is 2. The van der Waals surface area contributed by atoms with E-state index >= 15 is 0 Å². The topological polar surface area (TPSA) is 83.2 Å². The molecule has 0 radical (unpaired) electrons. The lowest BCUT2D eigenvalue weighted by atomic mass is 9.94. The number of rotatable bonds is 6. The third kappa shape index (κ3) is 5.44. The summed E-state index contributed by atoms with van der Waals surface area (Å²) in [6, 6.07) is 18.0. The van der Waals surface area contributed by atoms with Gasteiger partial charge < -0.3 is 21.3 Å². The quantitative estimate of drug-likeness (QED) is 0.498. The van der Waals surface area contributed by atoms with E-state index in [1.165, 1.54) is 49.9 Å². The summed E-state index contributed by atoms with van der Waals surface area (Å²) in [6.45, 7) is 3.99. The van der Waals surface area contributed by atoms with Gasteiger partial charge >= 0.3 is 0 Å². The number of nitrogens with two attached hydrogens (primary N) is 2. The first kappa shape index (κ1) is 23.4. The van der Waals surface area contributed by atoms with Crippen LogP contribution in [0.4, 0.5) is 11.4 Å². The Kier molecular flexibility index (Phi) is 7.43. The molecule has 0 amide bonds. The van der Waals surface area contributed by atoms with Crippen LogP contribution in [0.2, 0.25) is 0 Å². The first-order valence-corrected chi connectivity index (χ1v) is 12.0. The minimum absolute atomic E-state index is 0. The molecule has 4 N–H and O–H groups in total. The highest BCUT2D eigenvalue weighted by Crippen LogP contribution is 2.25. The van der Waals surface area contributed by atoms with E-state index in [0.717, 1.165) is 37.3 Å². The lowest BCUT2D eigenvalue weighted by Crippen LogP contribution is -2.46. The predicted molar refractivity (Wildman–Crippen MR) is 141 cm³/mol. The van der Waals surface area contributed by atoms with Crippen LogP contribution in [0.25, 0.3) is 0 Å². The van der Waals surface area contributed by atoms with Crippen molar-refractivity contribution in [3.05, 3.63) is 59.7 Å². The van der Waals surface area contributed by atoms with Crippen LogP contribution in [0.15, 0.2) is 58.5 Å². The molecule has 2 aromatic rings. The van der Waals surface area contributed by atoms with Gasteiger partial charge in [0.15, 0.2) is 0 Å². The molecule has 0 bridgehead atoms. The normalized spacial score (nSPS) is 20.1. The number of aliphatic imine (C=N–C) groups is 2. The maximum Gasteiger partial charge on any atom is 0.125 e. The number of hydrogen-bond donors (Lipinski definition) is 2. The van der Waals surface area contributed by atoms with Crippen LogP contribution in [0.5, 0.6) is 0 Å². The molecular formula is C26H35ClN6. The van der Waals surface area contributed by atoms with Gasteiger partial charge in [0, 0.05) is 48.7 Å². The van der Waals surface area contributed by atoms with E-state index in [4.69, 9.17) is 11.5 Å². The van der Waals surface area contributed by atoms with Crippen molar-refractivity contribution in [2.45, 2.75) is 50.6 Å². The van der Waals surface area contributed by atoms with Crippen molar-refractivity contribution in [1.29, 1.82) is 0 Å². The first-order chi connectivity index (χ1) is 15.7. The number of piperazine rings is 1. The Morgan fingerprint density at radius 2 is 0.939 bits per heavy atom. The molecule has 1 aliphatic heterocycles. The second-order valence-electron chi connectivity index (χ2n) is 9.27. The molecule has 176 valence electrons. The third-order valence-electron chi connectivity index (χ3n) is 7.13. The van der Waals surface area contributed by atoms with Gasteiger partial charge in [0.25, 0.3) is 0 Å². The molecule has 0 spiro atoms. The predicted octanol–water partition coefficient (Wildman–Crippen LogP) is 3.95. The van der Waals surface area contributed by atoms with Gasteiger partial charge in [-0.15, -0.1) is 12.4 Å². The number of hydrogen-bond acceptors (Lipinski definition) is 4. The zero-order valence-corrected chi connectivity index (χ0v) is 20.0. The molecule has 2 aliphatic carbocycles. The Labute approximate surface area is 203 Å². The van der Waals surface area contributed by atoms with Gasteiger partial charge in [-0.2, -0.15) is 0 Å². The van der Waals surface area contributed by atoms with Gasteiger partial charge in [0.05, 0.1) is 12.1 Å². The zero-order valence-electron chi connectivity index (χ0n) is 19.2. The Bertz CT molecular complexity index is 887. The molecule has 33 heavy (non-hydrogen) atoms. The van der Waals surface area contributed by atoms with Crippen molar-refractivity contribution >= 4 is 35.5 Å². The highest BCUT2D eigenvalue weighted by atomic mass is 35.5. The molecule has 0 atom stereocenters. The number of anilines is 2. The molecule has 2 saturated carbocycles. The van der Waals surface area contributed by atoms with Crippen molar-refractivity contribution in [2.24, 2.45) is 21.5 Å². The second-order valence-corrected chi connectivity index (χ2v) is 9.27. The molecule has 5 rings (SSSR count). The van der Waals surface area contributed by atoms with Crippen molar-refractivity contribution in [3.63, 3.8) is 0 Å². The summed E-state index contributed by atoms with van der Waals surface area (Å²) in [5.74, 6) is 1.35. The van der Waals surface area contributed by atoms with E-state index in [1.807, 2.05) is 0 Å². The summed E-state index contributed by atoms with van der Waals surface area (Å²) in [4.78, 5) is 14.2. The maximum atomic E-state index is 6.19. The first-order valence-electron chi connectivity index (χ1n) is 12.0. The van der Waals surface area contributed by atoms with E-state index in [9.17, 15) is 0 Å². The van der Waals surface area contributed by atoms with E-state index in [0.29, 0.717) is 23.8 Å². The zero-order chi connectivity index (χ0) is 21.9. The Morgan fingerprint density at radius 1 is 0.606 bits per heavy atom. The molecule has 1 heterocycles. The van der Waals surface area contributed by atoms with Crippen molar-refractivity contribution in [1.82, 2.24) is 0 Å². The molecule has 6 nitrogen and oxygen atoms in total. The highest BCUT2D eigenvalue weighted by molar-refractivity contribution is 5.98. The fourth-order valence-corrected chi connectivity index (χ4v) is 4.48. The lowest BCUT2D eigenvalue weighted by Gasteiger charge is -2.37. The van der Waals surface area contributed by atoms with Gasteiger partial charge in [0.1, 0.15) is 11.7 Å². The summed E-state index contributed by atoms with van der Waals surface area (Å²) in [6.07, 6.45) is 7.25. The van der Waals surface area contributed by atoms with Gasteiger partial charge in [-0.1, -0.05) is 0 Å². The van der Waals surface area contributed by atoms with Gasteiger partial charge in [-0.05, 0) is 87.1 Å². The van der Waals surface area contributed by atoms with Gasteiger partial charge in [-0.3, -0.25) is 9.98 Å². The summed E-state index contributed by atoms with van der Waals surface area (Å²) < 4.78 is 0. The van der Waals surface area contributed by atoms with Gasteiger partial charge in [-0.25, -0.2) is 0 Å². The van der Waals surface area contributed by atoms with E-state index in [2.05, 4.69) is 68.3 Å². The maximum absolute atomic E-state index is 6.19. The molecule has 3 fully saturated rings. The van der Waals surface area contributed by atoms with Crippen LogP contribution in [0.3, 0.4) is 0 Å². The lowest BCUT2D eigenvalue weighted by molar-refractivity contribution is 0.420. The number of benzene rings is 2. The molecule has 1 saturated heterocycles. The van der Waals surface area contributed by atoms with Crippen LogP contribution < -0.4 is 21.3 Å². The standard InChI is InChI=1S/C26H34N6.ClH/c27-25(29-21-3-1-4-21)19-7-11-23(12-8-19)31-15-17-32(18-16-31)24-13-9-20(10-14-24)26(28)30-22-5-2-6-22;/h7-14,21-22H,1-6,15-18H2,(H2,27,29)(H2,28,30);1H. The summed E-state index contributed by atoms with van der Waals surface area (Å²) in [5, 5.41) is 0. The van der Waals surface area contributed by atoms with Crippen LogP contribution in [-0.2, 0) is 0 Å². The average Bonchev–Trinajstić information content (AvgIpc) is 2.79. The SMILES string of the molecule is Cl.NC(=NC1CCC1)c1ccc(N2CCN(c3ccc(C(N)=NC4CCC4)cc3)CC2)cc1. The number of nitrogens with zero attached hydrogens (tertiary/aromatic N) is 4. The summed E-state index contributed by atoms with van der Waals surface area (Å²) in [5.41, 5.74) is 16.9.